The van der Waals surface area contributed by atoms with E-state index in [9.17, 15) is 4.39 Å². The Balaban J connectivity index is 1.24. The lowest BCUT2D eigenvalue weighted by molar-refractivity contribution is 0.0771. The van der Waals surface area contributed by atoms with Crippen molar-refractivity contribution >= 4 is 26.9 Å². The molecule has 0 unspecified atom stereocenters. The van der Waals surface area contributed by atoms with Crippen LogP contribution in [-0.4, -0.2) is 35.8 Å². The number of benzene rings is 3. The summed E-state index contributed by atoms with van der Waals surface area (Å²) in [6.07, 6.45) is 2.89. The first kappa shape index (κ1) is 22.1. The highest BCUT2D eigenvalue weighted by Crippen LogP contribution is 2.31. The van der Waals surface area contributed by atoms with Crippen LogP contribution < -0.4 is 4.74 Å². The summed E-state index contributed by atoms with van der Waals surface area (Å²) in [5.41, 5.74) is 2.73. The molecule has 1 aromatic heterocycles. The van der Waals surface area contributed by atoms with E-state index < -0.39 is 0 Å². The number of piperidine rings is 1. The molecule has 5 rings (SSSR count). The minimum atomic E-state index is -0.301. The Labute approximate surface area is 201 Å². The molecule has 0 amide bonds. The van der Waals surface area contributed by atoms with E-state index in [1.165, 1.54) is 17.7 Å². The second-order valence-electron chi connectivity index (χ2n) is 8.59. The van der Waals surface area contributed by atoms with E-state index >= 15 is 0 Å². The largest absolute Gasteiger partial charge is 0.490 e. The molecule has 6 heteroatoms. The average molecular weight is 509 g/mol. The summed E-state index contributed by atoms with van der Waals surface area (Å²) in [6, 6.07) is 23.4. The molecule has 33 heavy (non-hydrogen) atoms. The second kappa shape index (κ2) is 10.1. The Morgan fingerprint density at radius 1 is 1.06 bits per heavy atom. The van der Waals surface area contributed by atoms with Crippen LogP contribution in [0.25, 0.3) is 11.0 Å². The monoisotopic (exact) mass is 508 g/mol. The molecule has 1 saturated heterocycles. The second-order valence-corrected chi connectivity index (χ2v) is 9.51. The normalized spacial score (nSPS) is 19.1. The number of rotatable bonds is 7. The first-order valence-corrected chi connectivity index (χ1v) is 12.2. The van der Waals surface area contributed by atoms with Crippen molar-refractivity contribution in [2.45, 2.75) is 31.3 Å². The summed E-state index contributed by atoms with van der Waals surface area (Å²) < 4.78 is 26.2. The molecule has 2 heterocycles. The molecule has 0 spiro atoms. The number of aromatic nitrogens is 1. The van der Waals surface area contributed by atoms with Gasteiger partial charge in [0.25, 0.3) is 0 Å². The SMILES string of the molecule is Fc1ccc2c(CCCN3CC[C@H](Oc4ccc(Br)cc4)[C@@H](c4ccccc4)C3)noc2c1. The van der Waals surface area contributed by atoms with Crippen LogP contribution in [0.15, 0.2) is 81.8 Å². The Hall–Kier alpha value is -2.70. The molecule has 0 aliphatic carbocycles. The number of aryl methyl sites for hydroxylation is 1. The summed E-state index contributed by atoms with van der Waals surface area (Å²) in [5, 5.41) is 5.07. The molecule has 0 N–H and O–H groups in total. The van der Waals surface area contributed by atoms with Crippen LogP contribution in [0.4, 0.5) is 4.39 Å². The van der Waals surface area contributed by atoms with Crippen molar-refractivity contribution in [2.24, 2.45) is 0 Å². The van der Waals surface area contributed by atoms with Gasteiger partial charge < -0.3 is 14.2 Å². The summed E-state index contributed by atoms with van der Waals surface area (Å²) in [5.74, 6) is 0.914. The highest BCUT2D eigenvalue weighted by molar-refractivity contribution is 9.10. The van der Waals surface area contributed by atoms with Gasteiger partial charge in [-0.25, -0.2) is 4.39 Å². The minimum absolute atomic E-state index is 0.138. The van der Waals surface area contributed by atoms with Crippen molar-refractivity contribution in [1.29, 1.82) is 0 Å². The molecule has 1 aliphatic rings. The fourth-order valence-corrected chi connectivity index (χ4v) is 4.93. The van der Waals surface area contributed by atoms with Gasteiger partial charge in [0, 0.05) is 34.9 Å². The van der Waals surface area contributed by atoms with Gasteiger partial charge in [-0.1, -0.05) is 51.4 Å². The molecule has 1 fully saturated rings. The molecule has 4 aromatic rings. The quantitative estimate of drug-likeness (QED) is 0.282. The van der Waals surface area contributed by atoms with E-state index in [1.807, 2.05) is 24.3 Å². The number of likely N-dealkylation sites (tertiary alicyclic amines) is 1. The summed E-state index contributed by atoms with van der Waals surface area (Å²) in [6.45, 7) is 2.93. The van der Waals surface area contributed by atoms with Crippen molar-refractivity contribution in [3.63, 3.8) is 0 Å². The van der Waals surface area contributed by atoms with Crippen molar-refractivity contribution in [3.05, 3.63) is 94.3 Å². The highest BCUT2D eigenvalue weighted by Gasteiger charge is 2.32. The third kappa shape index (κ3) is 5.28. The van der Waals surface area contributed by atoms with Crippen molar-refractivity contribution in [2.75, 3.05) is 19.6 Å². The Kier molecular flexibility index (Phi) is 6.74. The first-order chi connectivity index (χ1) is 16.2. The maximum absolute atomic E-state index is 13.4. The van der Waals surface area contributed by atoms with E-state index in [0.717, 1.165) is 60.2 Å². The third-order valence-corrected chi connectivity index (χ3v) is 6.89. The summed E-state index contributed by atoms with van der Waals surface area (Å²) in [7, 11) is 0. The lowest BCUT2D eigenvalue weighted by Gasteiger charge is -2.39. The maximum atomic E-state index is 13.4. The van der Waals surface area contributed by atoms with E-state index in [-0.39, 0.29) is 11.9 Å². The average Bonchev–Trinajstić information content (AvgIpc) is 3.24. The molecule has 0 radical (unpaired) electrons. The molecular weight excluding hydrogens is 483 g/mol. The minimum Gasteiger partial charge on any atom is -0.490 e. The molecule has 170 valence electrons. The number of halogens is 2. The van der Waals surface area contributed by atoms with Crippen LogP contribution in [0, 0.1) is 5.82 Å². The number of nitrogens with zero attached hydrogens (tertiary/aromatic N) is 2. The lowest BCUT2D eigenvalue weighted by Crippen LogP contribution is -2.44. The predicted molar refractivity (Wildman–Crippen MR) is 131 cm³/mol. The number of hydrogen-bond acceptors (Lipinski definition) is 4. The van der Waals surface area contributed by atoms with Crippen LogP contribution in [0.5, 0.6) is 5.75 Å². The zero-order valence-corrected chi connectivity index (χ0v) is 19.9. The van der Waals surface area contributed by atoms with Crippen LogP contribution in [0.2, 0.25) is 0 Å². The Morgan fingerprint density at radius 3 is 2.70 bits per heavy atom. The zero-order valence-electron chi connectivity index (χ0n) is 18.3. The van der Waals surface area contributed by atoms with Crippen LogP contribution in [-0.2, 0) is 6.42 Å². The van der Waals surface area contributed by atoms with E-state index in [2.05, 4.69) is 56.3 Å². The summed E-state index contributed by atoms with van der Waals surface area (Å²) >= 11 is 3.49. The first-order valence-electron chi connectivity index (χ1n) is 11.4. The fourth-order valence-electron chi connectivity index (χ4n) is 4.66. The van der Waals surface area contributed by atoms with Gasteiger partial charge in [-0.2, -0.15) is 0 Å². The van der Waals surface area contributed by atoms with Gasteiger partial charge >= 0.3 is 0 Å². The van der Waals surface area contributed by atoms with Gasteiger partial charge in [-0.05, 0) is 67.8 Å². The van der Waals surface area contributed by atoms with Crippen LogP contribution in [0.1, 0.15) is 30.0 Å². The van der Waals surface area contributed by atoms with Crippen molar-refractivity contribution in [1.82, 2.24) is 10.1 Å². The van der Waals surface area contributed by atoms with Crippen LogP contribution >= 0.6 is 15.9 Å². The molecule has 2 atom stereocenters. The third-order valence-electron chi connectivity index (χ3n) is 6.36. The zero-order chi connectivity index (χ0) is 22.6. The number of hydrogen-bond donors (Lipinski definition) is 0. The van der Waals surface area contributed by atoms with Gasteiger partial charge in [0.2, 0.25) is 0 Å². The molecule has 0 bridgehead atoms. The maximum Gasteiger partial charge on any atom is 0.170 e. The molecule has 3 aromatic carbocycles. The molecular formula is C27H26BrFN2O2. The molecule has 4 nitrogen and oxygen atoms in total. The van der Waals surface area contributed by atoms with E-state index in [4.69, 9.17) is 9.26 Å². The van der Waals surface area contributed by atoms with Crippen LogP contribution in [0.3, 0.4) is 0 Å². The molecule has 0 saturated carbocycles. The van der Waals surface area contributed by atoms with Gasteiger partial charge in [0.15, 0.2) is 5.58 Å². The smallest absolute Gasteiger partial charge is 0.170 e. The van der Waals surface area contributed by atoms with Gasteiger partial charge in [-0.3, -0.25) is 0 Å². The topological polar surface area (TPSA) is 38.5 Å². The number of ether oxygens (including phenoxy) is 1. The van der Waals surface area contributed by atoms with E-state index in [1.54, 1.807) is 6.07 Å². The lowest BCUT2D eigenvalue weighted by atomic mass is 9.87. The van der Waals surface area contributed by atoms with Gasteiger partial charge in [-0.15, -0.1) is 0 Å². The molecule has 1 aliphatic heterocycles. The Bertz CT molecular complexity index is 1200. The van der Waals surface area contributed by atoms with Crippen molar-refractivity contribution < 1.29 is 13.7 Å². The Morgan fingerprint density at radius 2 is 1.88 bits per heavy atom. The van der Waals surface area contributed by atoms with Gasteiger partial charge in [0.05, 0.1) is 5.69 Å². The summed E-state index contributed by atoms with van der Waals surface area (Å²) in [4.78, 5) is 2.51. The number of fused-ring (bicyclic) bond motifs is 1. The fraction of sp³-hybridized carbons (Fsp3) is 0.296. The van der Waals surface area contributed by atoms with E-state index in [0.29, 0.717) is 11.5 Å². The standard InChI is InChI=1S/C27H26BrFN2O2/c28-20-8-11-22(12-9-20)32-26-14-16-31(18-24(26)19-5-2-1-3-6-19)15-4-7-25-23-13-10-21(29)17-27(23)33-30-25/h1-3,5-6,8-13,17,24,26H,4,7,14-16,18H2/t24-,26+/m1/s1. The van der Waals surface area contributed by atoms with Gasteiger partial charge in [0.1, 0.15) is 17.7 Å². The highest BCUT2D eigenvalue weighted by atomic mass is 79.9. The van der Waals surface area contributed by atoms with Crippen molar-refractivity contribution in [3.8, 4) is 5.75 Å². The predicted octanol–water partition coefficient (Wildman–Crippen LogP) is 6.60.